The van der Waals surface area contributed by atoms with Gasteiger partial charge in [-0.3, -0.25) is 9.59 Å². The molecule has 2 aliphatic carbocycles. The van der Waals surface area contributed by atoms with Crippen molar-refractivity contribution in [1.29, 1.82) is 0 Å². The number of nitrogens with zero attached hydrogens (tertiary/aromatic N) is 3. The van der Waals surface area contributed by atoms with E-state index in [0.29, 0.717) is 31.2 Å². The van der Waals surface area contributed by atoms with Gasteiger partial charge in [0.1, 0.15) is 5.75 Å². The number of fused-ring (bicyclic) bond motifs is 9. The van der Waals surface area contributed by atoms with Crippen LogP contribution >= 0.6 is 0 Å². The molecule has 2 saturated heterocycles. The van der Waals surface area contributed by atoms with Crippen LogP contribution < -0.4 is 9.46 Å². The van der Waals surface area contributed by atoms with Gasteiger partial charge < -0.3 is 23.8 Å². The van der Waals surface area contributed by atoms with Crippen LogP contribution in [0.2, 0.25) is 0 Å². The Labute approximate surface area is 289 Å². The second kappa shape index (κ2) is 12.1. The van der Waals surface area contributed by atoms with E-state index >= 15 is 4.79 Å². The summed E-state index contributed by atoms with van der Waals surface area (Å²) in [6, 6.07) is 12.0. The number of ether oxygens (including phenoxy) is 2. The van der Waals surface area contributed by atoms with Gasteiger partial charge >= 0.3 is 0 Å². The highest BCUT2D eigenvalue weighted by atomic mass is 32.2. The minimum absolute atomic E-state index is 0.00965. The minimum Gasteiger partial charge on any atom is -0.497 e. The number of likely N-dealkylation sites (N-methyl/N-ethyl adjacent to an activating group) is 1. The molecule has 4 fully saturated rings. The molecule has 5 aliphatic rings. The maximum absolute atomic E-state index is 15.1. The van der Waals surface area contributed by atoms with Crippen LogP contribution in [0.15, 0.2) is 36.4 Å². The van der Waals surface area contributed by atoms with Crippen molar-refractivity contribution in [2.75, 3.05) is 46.2 Å². The van der Waals surface area contributed by atoms with Gasteiger partial charge in [0.05, 0.1) is 49.3 Å². The van der Waals surface area contributed by atoms with Crippen LogP contribution in [0.3, 0.4) is 0 Å². The van der Waals surface area contributed by atoms with Crippen LogP contribution in [0.25, 0.3) is 22.2 Å². The van der Waals surface area contributed by atoms with Crippen molar-refractivity contribution in [2.45, 2.75) is 82.8 Å². The zero-order valence-corrected chi connectivity index (χ0v) is 29.9. The Balaban J connectivity index is 1.30. The smallest absolute Gasteiger partial charge is 0.264 e. The molecule has 2 saturated carbocycles. The number of carbonyl (C=O) groups excluding carboxylic acids is 2. The molecule has 10 nitrogen and oxygen atoms in total. The third-order valence-electron chi connectivity index (χ3n) is 11.7. The number of benzene rings is 2. The summed E-state index contributed by atoms with van der Waals surface area (Å²) >= 11 is 0. The summed E-state index contributed by atoms with van der Waals surface area (Å²) in [6.45, 7) is 6.78. The molecule has 11 heteroatoms. The lowest BCUT2D eigenvalue weighted by Gasteiger charge is -2.50. The van der Waals surface area contributed by atoms with Crippen molar-refractivity contribution in [3.63, 3.8) is 0 Å². The first-order valence-corrected chi connectivity index (χ1v) is 19.6. The number of aromatic nitrogens is 1. The van der Waals surface area contributed by atoms with E-state index in [1.54, 1.807) is 13.2 Å². The number of piperazine rings is 1. The first-order chi connectivity index (χ1) is 23.5. The Morgan fingerprint density at radius 1 is 1.04 bits per heavy atom. The third kappa shape index (κ3) is 5.56. The van der Waals surface area contributed by atoms with E-state index in [9.17, 15) is 13.2 Å². The van der Waals surface area contributed by atoms with E-state index in [1.165, 1.54) is 24.8 Å². The lowest BCUT2D eigenvalue weighted by Crippen LogP contribution is -2.66. The highest BCUT2D eigenvalue weighted by Crippen LogP contribution is 2.66. The van der Waals surface area contributed by atoms with Crippen molar-refractivity contribution in [2.24, 2.45) is 11.3 Å². The maximum atomic E-state index is 15.1. The van der Waals surface area contributed by atoms with Crippen LogP contribution in [0.5, 0.6) is 5.75 Å². The van der Waals surface area contributed by atoms with Crippen molar-refractivity contribution >= 4 is 32.7 Å². The van der Waals surface area contributed by atoms with Crippen molar-refractivity contribution < 1.29 is 27.5 Å². The number of sulfonamides is 1. The fourth-order valence-electron chi connectivity index (χ4n) is 9.57. The fraction of sp³-hybridized carbons (Fsp3) is 0.579. The quantitative estimate of drug-likeness (QED) is 0.368. The Bertz CT molecular complexity index is 1920. The lowest BCUT2D eigenvalue weighted by atomic mass is 9.81. The Hall–Kier alpha value is -3.41. The highest BCUT2D eigenvalue weighted by molar-refractivity contribution is 7.90. The molecule has 3 aromatic rings. The summed E-state index contributed by atoms with van der Waals surface area (Å²) in [7, 11) is 0.0131. The molecule has 1 N–H and O–H groups in total. The average Bonchev–Trinajstić information content (AvgIpc) is 3.73. The number of amides is 2. The molecule has 0 radical (unpaired) electrons. The van der Waals surface area contributed by atoms with Gasteiger partial charge in [-0.15, -0.1) is 0 Å². The van der Waals surface area contributed by atoms with Crippen LogP contribution in [0.4, 0.5) is 0 Å². The van der Waals surface area contributed by atoms with Gasteiger partial charge in [-0.25, -0.2) is 13.1 Å². The standard InChI is InChI=1S/C38H48N4O6S/c1-23(2)21-49(45,46)39-36(43)25-10-12-30-33(14-25)41-22-38(37(44)42-26-17-40(3)18-27(42)20-48-19-26)16-32(38)31-15-28(47-4)11-13-29(31)35(41)34(30)24-8-6-5-7-9-24/h10-15,23-24,26-27,32H,5-9,16-22H2,1-4H3,(H,39,43)/t26-,27?,32?,38?/m0/s1. The molecule has 3 unspecified atom stereocenters. The SMILES string of the molecule is COc1ccc2c(c1)C1CC1(C(=O)N1C3COC[C@@H]1CN(C)C3)Cn1c-2c(C2CCCCC2)c2ccc(C(=O)NS(=O)(=O)CC(C)C)cc21. The van der Waals surface area contributed by atoms with Crippen LogP contribution in [-0.2, 0) is 26.1 Å². The largest absolute Gasteiger partial charge is 0.497 e. The van der Waals surface area contributed by atoms with Gasteiger partial charge in [0.25, 0.3) is 5.91 Å². The molecule has 8 rings (SSSR count). The van der Waals surface area contributed by atoms with Gasteiger partial charge in [-0.05, 0) is 79.6 Å². The molecule has 2 aromatic carbocycles. The number of hydrogen-bond donors (Lipinski definition) is 1. The number of morpholine rings is 1. The van der Waals surface area contributed by atoms with Crippen LogP contribution in [0.1, 0.15) is 85.7 Å². The number of carbonyl (C=O) groups is 2. The first-order valence-electron chi connectivity index (χ1n) is 18.0. The molecular weight excluding hydrogens is 641 g/mol. The predicted molar refractivity (Wildman–Crippen MR) is 188 cm³/mol. The Kier molecular flexibility index (Phi) is 8.11. The van der Waals surface area contributed by atoms with E-state index in [2.05, 4.69) is 38.3 Å². The second-order valence-electron chi connectivity index (χ2n) is 15.7. The molecular formula is C38H48N4O6S. The molecule has 0 spiro atoms. The summed E-state index contributed by atoms with van der Waals surface area (Å²) in [4.78, 5) is 33.1. The number of nitrogens with one attached hydrogen (secondary N) is 1. The number of rotatable bonds is 7. The number of hydrogen-bond acceptors (Lipinski definition) is 7. The fourth-order valence-corrected chi connectivity index (χ4v) is 10.9. The summed E-state index contributed by atoms with van der Waals surface area (Å²) in [5.41, 5.74) is 5.23. The van der Waals surface area contributed by atoms with Crippen molar-refractivity contribution in [3.05, 3.63) is 53.1 Å². The van der Waals surface area contributed by atoms with Gasteiger partial charge in [-0.2, -0.15) is 0 Å². The number of methoxy groups -OCH3 is 1. The summed E-state index contributed by atoms with van der Waals surface area (Å²) < 4.78 is 41.9. The highest BCUT2D eigenvalue weighted by Gasteiger charge is 2.65. The summed E-state index contributed by atoms with van der Waals surface area (Å²) in [5.74, 6) is 0.493. The van der Waals surface area contributed by atoms with Crippen LogP contribution in [-0.4, -0.2) is 92.9 Å². The van der Waals surface area contributed by atoms with E-state index in [-0.39, 0.29) is 35.6 Å². The van der Waals surface area contributed by atoms with Gasteiger partial charge in [0.15, 0.2) is 0 Å². The van der Waals surface area contributed by atoms with Gasteiger partial charge in [0.2, 0.25) is 15.9 Å². The van der Waals surface area contributed by atoms with E-state index in [4.69, 9.17) is 9.47 Å². The monoisotopic (exact) mass is 688 g/mol. The van der Waals surface area contributed by atoms with Crippen molar-refractivity contribution in [3.8, 4) is 17.0 Å². The molecule has 2 bridgehead atoms. The Morgan fingerprint density at radius 2 is 1.78 bits per heavy atom. The molecule has 49 heavy (non-hydrogen) atoms. The van der Waals surface area contributed by atoms with E-state index in [1.807, 2.05) is 32.0 Å². The second-order valence-corrected chi connectivity index (χ2v) is 17.4. The minimum atomic E-state index is -3.79. The normalized spacial score (nSPS) is 26.9. The Morgan fingerprint density at radius 3 is 2.47 bits per heavy atom. The van der Waals surface area contributed by atoms with Gasteiger partial charge in [-0.1, -0.05) is 39.2 Å². The average molecular weight is 689 g/mol. The van der Waals surface area contributed by atoms with E-state index in [0.717, 1.165) is 65.8 Å². The first kappa shape index (κ1) is 32.8. The molecule has 4 atom stereocenters. The molecule has 3 aliphatic heterocycles. The van der Waals surface area contributed by atoms with E-state index < -0.39 is 21.3 Å². The zero-order valence-electron chi connectivity index (χ0n) is 29.0. The predicted octanol–water partition coefficient (Wildman–Crippen LogP) is 5.11. The van der Waals surface area contributed by atoms with Gasteiger partial charge in [0, 0.05) is 47.6 Å². The third-order valence-corrected chi connectivity index (χ3v) is 13.3. The molecule has 1 aromatic heterocycles. The topological polar surface area (TPSA) is 110 Å². The maximum Gasteiger partial charge on any atom is 0.264 e. The molecule has 262 valence electrons. The summed E-state index contributed by atoms with van der Waals surface area (Å²) in [5, 5.41) is 1.08. The lowest BCUT2D eigenvalue weighted by molar-refractivity contribution is -0.160. The summed E-state index contributed by atoms with van der Waals surface area (Å²) in [6.07, 6.45) is 6.48. The van der Waals surface area contributed by atoms with Crippen LogP contribution in [0, 0.1) is 11.3 Å². The van der Waals surface area contributed by atoms with Crippen molar-refractivity contribution in [1.82, 2.24) is 19.1 Å². The zero-order chi connectivity index (χ0) is 34.2. The molecule has 2 amide bonds. The molecule has 4 heterocycles.